The van der Waals surface area contributed by atoms with Crippen LogP contribution in [0.1, 0.15) is 16.7 Å². The molecule has 0 saturated carbocycles. The summed E-state index contributed by atoms with van der Waals surface area (Å²) >= 11 is 0. The maximum atomic E-state index is 5.50. The van der Waals surface area contributed by atoms with Gasteiger partial charge in [-0.2, -0.15) is 0 Å². The van der Waals surface area contributed by atoms with Crippen LogP contribution in [0.3, 0.4) is 0 Å². The molecule has 0 unspecified atom stereocenters. The van der Waals surface area contributed by atoms with Crippen molar-refractivity contribution < 1.29 is 14.2 Å². The van der Waals surface area contributed by atoms with E-state index >= 15 is 0 Å². The molecule has 0 aliphatic rings. The summed E-state index contributed by atoms with van der Waals surface area (Å²) in [4.78, 5) is 0. The zero-order valence-corrected chi connectivity index (χ0v) is 16.7. The summed E-state index contributed by atoms with van der Waals surface area (Å²) < 4.78 is 16.2. The molecule has 0 aliphatic heterocycles. The Bertz CT molecular complexity index is 876. The molecule has 0 atom stereocenters. The summed E-state index contributed by atoms with van der Waals surface area (Å²) in [5.41, 5.74) is 5.88. The Morgan fingerprint density at radius 2 is 1.36 bits per heavy atom. The van der Waals surface area contributed by atoms with E-state index < -0.39 is 0 Å². The summed E-state index contributed by atoms with van der Waals surface area (Å²) in [6, 6.07) is 22.9. The molecular formula is C24H27NO3. The van der Waals surface area contributed by atoms with Crippen molar-refractivity contribution in [2.45, 2.75) is 19.7 Å². The van der Waals surface area contributed by atoms with Crippen LogP contribution in [0.2, 0.25) is 0 Å². The van der Waals surface area contributed by atoms with Gasteiger partial charge in [-0.3, -0.25) is 0 Å². The van der Waals surface area contributed by atoms with Gasteiger partial charge in [-0.25, -0.2) is 0 Å². The lowest BCUT2D eigenvalue weighted by Gasteiger charge is -2.16. The summed E-state index contributed by atoms with van der Waals surface area (Å²) in [6.45, 7) is 2.15. The maximum absolute atomic E-state index is 5.50. The van der Waals surface area contributed by atoms with Crippen LogP contribution in [0.25, 0.3) is 11.1 Å². The summed E-state index contributed by atoms with van der Waals surface area (Å²) in [5, 5.41) is 3.54. The Balaban J connectivity index is 1.78. The van der Waals surface area contributed by atoms with Crippen molar-refractivity contribution in [3.05, 3.63) is 83.4 Å². The average molecular weight is 377 g/mol. The van der Waals surface area contributed by atoms with E-state index in [1.807, 2.05) is 24.3 Å². The molecule has 0 radical (unpaired) electrons. The van der Waals surface area contributed by atoms with E-state index in [0.29, 0.717) is 6.61 Å². The highest BCUT2D eigenvalue weighted by atomic mass is 16.5. The molecule has 0 aromatic heterocycles. The lowest BCUT2D eigenvalue weighted by molar-refractivity contribution is 0.185. The molecule has 0 amide bonds. The molecule has 0 bridgehead atoms. The molecule has 0 fully saturated rings. The predicted molar refractivity (Wildman–Crippen MR) is 113 cm³/mol. The minimum Gasteiger partial charge on any atom is -0.493 e. The Hall–Kier alpha value is -2.82. The van der Waals surface area contributed by atoms with Crippen molar-refractivity contribution in [1.82, 2.24) is 5.32 Å². The molecule has 3 rings (SSSR count). The first-order chi connectivity index (χ1) is 13.7. The second-order valence-corrected chi connectivity index (χ2v) is 6.58. The molecule has 0 heterocycles. The first-order valence-electron chi connectivity index (χ1n) is 9.33. The average Bonchev–Trinajstić information content (AvgIpc) is 2.75. The fourth-order valence-electron chi connectivity index (χ4n) is 3.22. The Labute approximate surface area is 167 Å². The van der Waals surface area contributed by atoms with Crippen molar-refractivity contribution in [3.8, 4) is 22.6 Å². The molecule has 3 aromatic carbocycles. The predicted octanol–water partition coefficient (Wildman–Crippen LogP) is 4.81. The van der Waals surface area contributed by atoms with Crippen LogP contribution in [0, 0.1) is 0 Å². The fraction of sp³-hybridized carbons (Fsp3) is 0.250. The van der Waals surface area contributed by atoms with Crippen molar-refractivity contribution in [1.29, 1.82) is 0 Å². The first-order valence-corrected chi connectivity index (χ1v) is 9.33. The Morgan fingerprint density at radius 1 is 0.714 bits per heavy atom. The van der Waals surface area contributed by atoms with Crippen molar-refractivity contribution >= 4 is 0 Å². The van der Waals surface area contributed by atoms with E-state index in [9.17, 15) is 0 Å². The van der Waals surface area contributed by atoms with Gasteiger partial charge in [0.25, 0.3) is 0 Å². The monoisotopic (exact) mass is 377 g/mol. The quantitative estimate of drug-likeness (QED) is 0.581. The van der Waals surface area contributed by atoms with Crippen LogP contribution in [-0.2, 0) is 24.4 Å². The summed E-state index contributed by atoms with van der Waals surface area (Å²) in [6.07, 6.45) is 0. The van der Waals surface area contributed by atoms with Gasteiger partial charge in [-0.05, 0) is 39.9 Å². The van der Waals surface area contributed by atoms with Crippen molar-refractivity contribution in [2.24, 2.45) is 0 Å². The third kappa shape index (κ3) is 4.91. The molecule has 28 heavy (non-hydrogen) atoms. The lowest BCUT2D eigenvalue weighted by Crippen LogP contribution is -2.13. The van der Waals surface area contributed by atoms with Crippen molar-refractivity contribution in [3.63, 3.8) is 0 Å². The van der Waals surface area contributed by atoms with Crippen LogP contribution >= 0.6 is 0 Å². The molecule has 3 aromatic rings. The SMILES string of the molecule is COCc1ccc(CNCc2cc(OC)c(OC)cc2-c2ccccc2)cc1. The minimum atomic E-state index is 0.639. The Morgan fingerprint density at radius 3 is 2.00 bits per heavy atom. The molecular weight excluding hydrogens is 350 g/mol. The van der Waals surface area contributed by atoms with Crippen LogP contribution in [0.4, 0.5) is 0 Å². The van der Waals surface area contributed by atoms with Gasteiger partial charge in [-0.1, -0.05) is 54.6 Å². The van der Waals surface area contributed by atoms with Gasteiger partial charge in [0.2, 0.25) is 0 Å². The van der Waals surface area contributed by atoms with Crippen LogP contribution in [0.15, 0.2) is 66.7 Å². The summed E-state index contributed by atoms with van der Waals surface area (Å²) in [7, 11) is 5.04. The number of rotatable bonds is 9. The van der Waals surface area contributed by atoms with Gasteiger partial charge in [-0.15, -0.1) is 0 Å². The van der Waals surface area contributed by atoms with E-state index in [0.717, 1.165) is 35.7 Å². The van der Waals surface area contributed by atoms with Crippen LogP contribution < -0.4 is 14.8 Å². The van der Waals surface area contributed by atoms with Crippen LogP contribution in [-0.4, -0.2) is 21.3 Å². The number of benzene rings is 3. The van der Waals surface area contributed by atoms with E-state index in [2.05, 4.69) is 47.8 Å². The first kappa shape index (κ1) is 19.9. The Kier molecular flexibility index (Phi) is 7.06. The number of hydrogen-bond donors (Lipinski definition) is 1. The van der Waals surface area contributed by atoms with Gasteiger partial charge >= 0.3 is 0 Å². The molecule has 4 heteroatoms. The highest BCUT2D eigenvalue weighted by Gasteiger charge is 2.12. The van der Waals surface area contributed by atoms with Gasteiger partial charge < -0.3 is 19.5 Å². The minimum absolute atomic E-state index is 0.639. The van der Waals surface area contributed by atoms with Gasteiger partial charge in [0.05, 0.1) is 20.8 Å². The normalized spacial score (nSPS) is 10.7. The smallest absolute Gasteiger partial charge is 0.161 e. The second-order valence-electron chi connectivity index (χ2n) is 6.58. The highest BCUT2D eigenvalue weighted by Crippen LogP contribution is 2.35. The standard InChI is InChI=1S/C24H27NO3/c1-26-17-19-11-9-18(10-12-19)15-25-16-21-13-23(27-2)24(28-3)14-22(21)20-7-5-4-6-8-20/h4-14,25H,15-17H2,1-3H3. The van der Waals surface area contributed by atoms with Crippen LogP contribution in [0.5, 0.6) is 11.5 Å². The number of methoxy groups -OCH3 is 3. The third-order valence-corrected chi connectivity index (χ3v) is 4.67. The molecule has 1 N–H and O–H groups in total. The molecule has 4 nitrogen and oxygen atoms in total. The van der Waals surface area contributed by atoms with Gasteiger partial charge in [0.15, 0.2) is 11.5 Å². The van der Waals surface area contributed by atoms with Crippen molar-refractivity contribution in [2.75, 3.05) is 21.3 Å². The largest absolute Gasteiger partial charge is 0.493 e. The lowest BCUT2D eigenvalue weighted by atomic mass is 9.98. The molecule has 146 valence electrons. The number of ether oxygens (including phenoxy) is 3. The third-order valence-electron chi connectivity index (χ3n) is 4.67. The van der Waals surface area contributed by atoms with Gasteiger partial charge in [0.1, 0.15) is 0 Å². The second kappa shape index (κ2) is 9.93. The summed E-state index contributed by atoms with van der Waals surface area (Å²) in [5.74, 6) is 1.47. The van der Waals surface area contributed by atoms with E-state index in [4.69, 9.17) is 14.2 Å². The van der Waals surface area contributed by atoms with E-state index in [1.165, 1.54) is 16.7 Å². The highest BCUT2D eigenvalue weighted by molar-refractivity contribution is 5.71. The van der Waals surface area contributed by atoms with Gasteiger partial charge in [0, 0.05) is 20.2 Å². The molecule has 0 aliphatic carbocycles. The fourth-order valence-corrected chi connectivity index (χ4v) is 3.22. The maximum Gasteiger partial charge on any atom is 0.161 e. The topological polar surface area (TPSA) is 39.7 Å². The molecule has 0 saturated heterocycles. The van der Waals surface area contributed by atoms with E-state index in [-0.39, 0.29) is 0 Å². The zero-order valence-electron chi connectivity index (χ0n) is 16.7. The zero-order chi connectivity index (χ0) is 19.8. The molecule has 0 spiro atoms. The number of hydrogen-bond acceptors (Lipinski definition) is 4. The van der Waals surface area contributed by atoms with E-state index in [1.54, 1.807) is 21.3 Å². The number of nitrogens with one attached hydrogen (secondary N) is 1.